The molecule has 0 saturated heterocycles. The smallest absolute Gasteiger partial charge is 0.0727 e. The Hall–Kier alpha value is -6.64. The van der Waals surface area contributed by atoms with E-state index in [1.807, 2.05) is 0 Å². The molecule has 0 radical (unpaired) electrons. The molecule has 2 aliphatic rings. The van der Waals surface area contributed by atoms with E-state index in [9.17, 15) is 0 Å². The highest BCUT2D eigenvalue weighted by atomic mass is 15.1. The molecule has 1 spiro atoms. The Morgan fingerprint density at radius 3 is 1.09 bits per heavy atom. The second kappa shape index (κ2) is 13.8. The van der Waals surface area contributed by atoms with Crippen molar-refractivity contribution in [1.82, 2.24) is 0 Å². The van der Waals surface area contributed by atoms with Gasteiger partial charge in [0.1, 0.15) is 0 Å². The van der Waals surface area contributed by atoms with Crippen LogP contribution in [0.1, 0.15) is 73.9 Å². The van der Waals surface area contributed by atoms with E-state index in [-0.39, 0.29) is 5.41 Å². The molecule has 10 rings (SSSR count). The molecule has 0 heterocycles. The Kier molecular flexibility index (Phi) is 8.49. The molecule has 8 aromatic carbocycles. The molecule has 0 aliphatic heterocycles. The second-order valence-corrected chi connectivity index (χ2v) is 17.2. The van der Waals surface area contributed by atoms with E-state index in [1.165, 1.54) is 55.6 Å². The maximum absolute atomic E-state index is 2.54. The number of benzene rings is 8. The maximum atomic E-state index is 2.54. The van der Waals surface area contributed by atoms with Gasteiger partial charge < -0.3 is 9.80 Å². The predicted octanol–water partition coefficient (Wildman–Crippen LogP) is 15.4. The highest BCUT2D eigenvalue weighted by Gasteiger charge is 2.52. The van der Waals surface area contributed by atoms with E-state index in [0.717, 1.165) is 34.1 Å². The Morgan fingerprint density at radius 2 is 0.707 bits per heavy atom. The van der Waals surface area contributed by atoms with Gasteiger partial charge in [0.15, 0.2) is 0 Å². The molecule has 0 aromatic heterocycles. The maximum Gasteiger partial charge on any atom is 0.0727 e. The summed E-state index contributed by atoms with van der Waals surface area (Å²) in [6.07, 6.45) is 0. The normalized spacial score (nSPS) is 13.2. The molecule has 2 aliphatic carbocycles. The standard InChI is InChI=1S/C56H48N2/c1-38(2)39-26-30-47-48-31-27-40(55(3,4)5)35-52(48)56(51(47)34-39)53-36-45(57(41-18-10-6-11-19-41)42-20-12-7-13-21-42)28-32-49(53)50-33-29-46(37-54(50)56)58(43-22-14-8-15-23-43)44-24-16-9-17-25-44/h6-38H,1-5H3. The van der Waals surface area contributed by atoms with Crippen molar-refractivity contribution >= 4 is 34.1 Å². The lowest BCUT2D eigenvalue weighted by Gasteiger charge is -2.34. The van der Waals surface area contributed by atoms with E-state index in [2.05, 4.69) is 239 Å². The topological polar surface area (TPSA) is 6.48 Å². The largest absolute Gasteiger partial charge is 0.310 e. The SMILES string of the molecule is CC(C)c1ccc2c(c1)C1(c3cc(N(c4ccccc4)c4ccccc4)ccc3-c3ccc(N(c4ccccc4)c4ccccc4)cc31)c1cc(C(C)(C)C)ccc1-2. The van der Waals surface area contributed by atoms with Gasteiger partial charge in [0, 0.05) is 34.1 Å². The molecule has 0 saturated carbocycles. The summed E-state index contributed by atoms with van der Waals surface area (Å²) in [4.78, 5) is 4.81. The van der Waals surface area contributed by atoms with E-state index >= 15 is 0 Å². The summed E-state index contributed by atoms with van der Waals surface area (Å²) in [6.45, 7) is 11.6. The summed E-state index contributed by atoms with van der Waals surface area (Å²) in [6, 6.07) is 72.2. The minimum Gasteiger partial charge on any atom is -0.310 e. The first kappa shape index (κ1) is 35.8. The molecule has 58 heavy (non-hydrogen) atoms. The first-order valence-corrected chi connectivity index (χ1v) is 20.6. The first-order chi connectivity index (χ1) is 28.2. The van der Waals surface area contributed by atoms with Gasteiger partial charge in [-0.1, -0.05) is 156 Å². The fourth-order valence-corrected chi connectivity index (χ4v) is 9.53. The lowest BCUT2D eigenvalue weighted by atomic mass is 9.69. The molecule has 2 heteroatoms. The lowest BCUT2D eigenvalue weighted by molar-refractivity contribution is 0.588. The zero-order valence-electron chi connectivity index (χ0n) is 33.9. The van der Waals surface area contributed by atoms with Crippen LogP contribution >= 0.6 is 0 Å². The van der Waals surface area contributed by atoms with Crippen LogP contribution in [-0.4, -0.2) is 0 Å². The van der Waals surface area contributed by atoms with Crippen LogP contribution in [0.4, 0.5) is 34.1 Å². The summed E-state index contributed by atoms with van der Waals surface area (Å²) >= 11 is 0. The van der Waals surface area contributed by atoms with Crippen molar-refractivity contribution in [2.45, 2.75) is 51.4 Å². The molecule has 2 nitrogen and oxygen atoms in total. The Bertz CT molecular complexity index is 2570. The number of fused-ring (bicyclic) bond motifs is 10. The number of anilines is 6. The molecular formula is C56H48N2. The van der Waals surface area contributed by atoms with Crippen molar-refractivity contribution < 1.29 is 0 Å². The van der Waals surface area contributed by atoms with Crippen LogP contribution in [0.25, 0.3) is 22.3 Å². The van der Waals surface area contributed by atoms with Gasteiger partial charge in [0.25, 0.3) is 0 Å². The number of hydrogen-bond acceptors (Lipinski definition) is 2. The summed E-state index contributed by atoms with van der Waals surface area (Å²) in [5.41, 5.74) is 19.5. The van der Waals surface area contributed by atoms with Gasteiger partial charge in [0.2, 0.25) is 0 Å². The van der Waals surface area contributed by atoms with Crippen LogP contribution < -0.4 is 9.80 Å². The van der Waals surface area contributed by atoms with Gasteiger partial charge in [-0.05, 0) is 140 Å². The van der Waals surface area contributed by atoms with Gasteiger partial charge in [-0.25, -0.2) is 0 Å². The number of hydrogen-bond donors (Lipinski definition) is 0. The van der Waals surface area contributed by atoms with Crippen molar-refractivity contribution in [2.75, 3.05) is 9.80 Å². The summed E-state index contributed by atoms with van der Waals surface area (Å²) in [5.74, 6) is 0.382. The monoisotopic (exact) mass is 748 g/mol. The second-order valence-electron chi connectivity index (χ2n) is 17.2. The average Bonchev–Trinajstić information content (AvgIpc) is 3.71. The van der Waals surface area contributed by atoms with E-state index in [1.54, 1.807) is 0 Å². The highest BCUT2D eigenvalue weighted by Crippen LogP contribution is 2.64. The quantitative estimate of drug-likeness (QED) is 0.160. The fraction of sp³-hybridized carbons (Fsp3) is 0.143. The first-order valence-electron chi connectivity index (χ1n) is 20.6. The van der Waals surface area contributed by atoms with E-state index in [0.29, 0.717) is 5.92 Å². The van der Waals surface area contributed by atoms with Gasteiger partial charge in [-0.3, -0.25) is 0 Å². The molecule has 0 atom stereocenters. The van der Waals surface area contributed by atoms with Gasteiger partial charge in [0.05, 0.1) is 5.41 Å². The minimum absolute atomic E-state index is 0.0309. The summed E-state index contributed by atoms with van der Waals surface area (Å²) in [5, 5.41) is 0. The molecule has 0 N–H and O–H groups in total. The van der Waals surface area contributed by atoms with Gasteiger partial charge in [-0.15, -0.1) is 0 Å². The van der Waals surface area contributed by atoms with Crippen LogP contribution in [0.15, 0.2) is 194 Å². The third-order valence-corrected chi connectivity index (χ3v) is 12.4. The van der Waals surface area contributed by atoms with Crippen LogP contribution in [0, 0.1) is 0 Å². The highest BCUT2D eigenvalue weighted by molar-refractivity contribution is 5.98. The predicted molar refractivity (Wildman–Crippen MR) is 245 cm³/mol. The van der Waals surface area contributed by atoms with Crippen LogP contribution in [0.3, 0.4) is 0 Å². The third-order valence-electron chi connectivity index (χ3n) is 12.4. The molecule has 0 amide bonds. The fourth-order valence-electron chi connectivity index (χ4n) is 9.53. The Labute approximate surface area is 343 Å². The number of rotatable bonds is 7. The molecule has 282 valence electrons. The van der Waals surface area contributed by atoms with Crippen molar-refractivity contribution in [1.29, 1.82) is 0 Å². The zero-order valence-corrected chi connectivity index (χ0v) is 33.9. The van der Waals surface area contributed by atoms with Gasteiger partial charge in [-0.2, -0.15) is 0 Å². The lowest BCUT2D eigenvalue weighted by Crippen LogP contribution is -2.27. The molecule has 0 fully saturated rings. The molecule has 0 bridgehead atoms. The van der Waals surface area contributed by atoms with E-state index < -0.39 is 5.41 Å². The van der Waals surface area contributed by atoms with Crippen molar-refractivity contribution in [3.05, 3.63) is 228 Å². The molecule has 8 aromatic rings. The average molecular weight is 749 g/mol. The number of para-hydroxylation sites is 4. The third kappa shape index (κ3) is 5.62. The Balaban J connectivity index is 1.31. The van der Waals surface area contributed by atoms with E-state index in [4.69, 9.17) is 0 Å². The Morgan fingerprint density at radius 1 is 0.362 bits per heavy atom. The summed E-state index contributed by atoms with van der Waals surface area (Å²) < 4.78 is 0. The molecule has 0 unspecified atom stereocenters. The minimum atomic E-state index is -0.564. The van der Waals surface area contributed by atoms with Crippen LogP contribution in [-0.2, 0) is 10.8 Å². The van der Waals surface area contributed by atoms with Crippen LogP contribution in [0.2, 0.25) is 0 Å². The zero-order chi connectivity index (χ0) is 39.6. The van der Waals surface area contributed by atoms with Crippen molar-refractivity contribution in [3.63, 3.8) is 0 Å². The molecular weight excluding hydrogens is 701 g/mol. The van der Waals surface area contributed by atoms with Crippen LogP contribution in [0.5, 0.6) is 0 Å². The van der Waals surface area contributed by atoms with Crippen molar-refractivity contribution in [2.24, 2.45) is 0 Å². The van der Waals surface area contributed by atoms with Gasteiger partial charge >= 0.3 is 0 Å². The number of nitrogens with zero attached hydrogens (tertiary/aromatic N) is 2. The van der Waals surface area contributed by atoms with Crippen molar-refractivity contribution in [3.8, 4) is 22.3 Å². The summed E-state index contributed by atoms with van der Waals surface area (Å²) in [7, 11) is 0.